The maximum absolute atomic E-state index is 5.69. The highest BCUT2D eigenvalue weighted by Gasteiger charge is 2.22. The monoisotopic (exact) mass is 229 g/mol. The number of hydrogen-bond donors (Lipinski definition) is 1. The molecule has 4 nitrogen and oxygen atoms in total. The summed E-state index contributed by atoms with van der Waals surface area (Å²) in [5, 5.41) is 7.42. The minimum Gasteiger partial charge on any atom is -0.491 e. The third kappa shape index (κ3) is 1.61. The van der Waals surface area contributed by atoms with Crippen molar-refractivity contribution in [3.8, 4) is 17.0 Å². The molecule has 17 heavy (non-hydrogen) atoms. The number of nitrogens with zero attached hydrogens (tertiary/aromatic N) is 2. The molecule has 0 spiro atoms. The minimum atomic E-state index is 0.311. The lowest BCUT2D eigenvalue weighted by molar-refractivity contribution is 0.318. The predicted molar refractivity (Wildman–Crippen MR) is 65.9 cm³/mol. The number of likely N-dealkylation sites (N-methyl/N-ethyl adjacent to an activating group) is 1. The van der Waals surface area contributed by atoms with Crippen LogP contribution in [0, 0.1) is 0 Å². The fourth-order valence-electron chi connectivity index (χ4n) is 2.27. The Morgan fingerprint density at radius 3 is 3.00 bits per heavy atom. The summed E-state index contributed by atoms with van der Waals surface area (Å²) in [6.45, 7) is 0.709. The molecule has 2 heterocycles. The van der Waals surface area contributed by atoms with E-state index >= 15 is 0 Å². The first-order valence-corrected chi connectivity index (χ1v) is 5.72. The van der Waals surface area contributed by atoms with Gasteiger partial charge in [0.1, 0.15) is 12.4 Å². The van der Waals surface area contributed by atoms with Gasteiger partial charge in [0.05, 0.1) is 11.7 Å². The fourth-order valence-corrected chi connectivity index (χ4v) is 2.27. The summed E-state index contributed by atoms with van der Waals surface area (Å²) in [6.07, 6.45) is 1.81. The predicted octanol–water partition coefficient (Wildman–Crippen LogP) is 1.74. The first-order chi connectivity index (χ1) is 8.29. The molecular weight excluding hydrogens is 214 g/mol. The zero-order valence-corrected chi connectivity index (χ0v) is 9.97. The Bertz CT molecular complexity index is 547. The van der Waals surface area contributed by atoms with Crippen LogP contribution < -0.4 is 10.1 Å². The van der Waals surface area contributed by atoms with Gasteiger partial charge in [-0.05, 0) is 19.2 Å². The molecule has 1 atom stereocenters. The number of nitrogens with one attached hydrogen (secondary N) is 1. The van der Waals surface area contributed by atoms with Gasteiger partial charge in [-0.3, -0.25) is 4.68 Å². The molecule has 0 saturated carbocycles. The Labute approximate surface area is 100 Å². The van der Waals surface area contributed by atoms with Crippen LogP contribution >= 0.6 is 0 Å². The molecule has 1 aromatic heterocycles. The normalized spacial score (nSPS) is 17.9. The molecule has 1 aliphatic heterocycles. The van der Waals surface area contributed by atoms with E-state index in [1.807, 2.05) is 24.8 Å². The van der Waals surface area contributed by atoms with Gasteiger partial charge in [0.25, 0.3) is 0 Å². The number of aryl methyl sites for hydroxylation is 1. The van der Waals surface area contributed by atoms with E-state index in [1.165, 1.54) is 5.56 Å². The van der Waals surface area contributed by atoms with Crippen molar-refractivity contribution in [2.75, 3.05) is 13.7 Å². The molecule has 88 valence electrons. The largest absolute Gasteiger partial charge is 0.491 e. The molecule has 4 heteroatoms. The molecule has 1 aromatic carbocycles. The fraction of sp³-hybridized carbons (Fsp3) is 0.308. The average molecular weight is 229 g/mol. The molecule has 3 rings (SSSR count). The summed E-state index contributed by atoms with van der Waals surface area (Å²) in [4.78, 5) is 0. The second-order valence-electron chi connectivity index (χ2n) is 4.24. The topological polar surface area (TPSA) is 39.1 Å². The molecule has 0 aliphatic carbocycles. The molecule has 0 bridgehead atoms. The van der Waals surface area contributed by atoms with Crippen molar-refractivity contribution in [2.45, 2.75) is 6.04 Å². The highest BCUT2D eigenvalue weighted by atomic mass is 16.5. The van der Waals surface area contributed by atoms with Crippen LogP contribution in [-0.4, -0.2) is 23.4 Å². The van der Waals surface area contributed by atoms with Crippen LogP contribution in [0.1, 0.15) is 11.6 Å². The highest BCUT2D eigenvalue weighted by molar-refractivity contribution is 5.63. The molecule has 0 amide bonds. The lowest BCUT2D eigenvalue weighted by Crippen LogP contribution is -2.17. The summed E-state index contributed by atoms with van der Waals surface area (Å²) in [5.41, 5.74) is 3.48. The first kappa shape index (κ1) is 10.4. The van der Waals surface area contributed by atoms with E-state index in [2.05, 4.69) is 28.6 Å². The molecular formula is C13H15N3O. The van der Waals surface area contributed by atoms with Crippen LogP contribution in [0.5, 0.6) is 5.75 Å². The van der Waals surface area contributed by atoms with Crippen LogP contribution in [0.3, 0.4) is 0 Å². The molecule has 0 radical (unpaired) electrons. The van der Waals surface area contributed by atoms with Gasteiger partial charge < -0.3 is 10.1 Å². The van der Waals surface area contributed by atoms with E-state index in [4.69, 9.17) is 4.74 Å². The van der Waals surface area contributed by atoms with Crippen molar-refractivity contribution in [3.63, 3.8) is 0 Å². The van der Waals surface area contributed by atoms with Crippen molar-refractivity contribution < 1.29 is 4.74 Å². The SMILES string of the molecule is CN[C@@H]1COc2cc(-c3ccnn3C)ccc21. The van der Waals surface area contributed by atoms with Crippen molar-refractivity contribution in [1.82, 2.24) is 15.1 Å². The second kappa shape index (κ2) is 3.89. The Morgan fingerprint density at radius 1 is 1.41 bits per heavy atom. The lowest BCUT2D eigenvalue weighted by Gasteiger charge is -2.07. The highest BCUT2D eigenvalue weighted by Crippen LogP contribution is 2.35. The molecule has 2 aromatic rings. The Morgan fingerprint density at radius 2 is 2.29 bits per heavy atom. The standard InChI is InChI=1S/C13H15N3O/c1-14-11-8-17-13-7-9(3-4-10(11)13)12-5-6-15-16(12)2/h3-7,11,14H,8H2,1-2H3/t11-/m1/s1. The van der Waals surface area contributed by atoms with Crippen LogP contribution in [0.25, 0.3) is 11.3 Å². The summed E-state index contributed by atoms with van der Waals surface area (Å²) in [5.74, 6) is 0.975. The molecule has 1 N–H and O–H groups in total. The average Bonchev–Trinajstić information content (AvgIpc) is 2.93. The molecule has 1 aliphatic rings. The van der Waals surface area contributed by atoms with E-state index in [9.17, 15) is 0 Å². The van der Waals surface area contributed by atoms with Gasteiger partial charge >= 0.3 is 0 Å². The second-order valence-corrected chi connectivity index (χ2v) is 4.24. The van der Waals surface area contributed by atoms with E-state index in [0.29, 0.717) is 12.6 Å². The van der Waals surface area contributed by atoms with Gasteiger partial charge in [-0.2, -0.15) is 5.10 Å². The van der Waals surface area contributed by atoms with Gasteiger partial charge in [0.15, 0.2) is 0 Å². The summed E-state index contributed by atoms with van der Waals surface area (Å²) in [6, 6.07) is 8.65. The minimum absolute atomic E-state index is 0.311. The summed E-state index contributed by atoms with van der Waals surface area (Å²) >= 11 is 0. The van der Waals surface area contributed by atoms with Crippen LogP contribution in [-0.2, 0) is 7.05 Å². The third-order valence-corrected chi connectivity index (χ3v) is 3.26. The molecule has 0 fully saturated rings. The maximum Gasteiger partial charge on any atom is 0.124 e. The zero-order chi connectivity index (χ0) is 11.8. The number of hydrogen-bond acceptors (Lipinski definition) is 3. The first-order valence-electron chi connectivity index (χ1n) is 5.72. The van der Waals surface area contributed by atoms with Crippen LogP contribution in [0.4, 0.5) is 0 Å². The number of fused-ring (bicyclic) bond motifs is 1. The number of aromatic nitrogens is 2. The Kier molecular flexibility index (Phi) is 2.37. The number of ether oxygens (including phenoxy) is 1. The third-order valence-electron chi connectivity index (χ3n) is 3.26. The zero-order valence-electron chi connectivity index (χ0n) is 9.97. The summed E-state index contributed by atoms with van der Waals surface area (Å²) in [7, 11) is 3.90. The quantitative estimate of drug-likeness (QED) is 0.852. The number of benzene rings is 1. The van der Waals surface area contributed by atoms with Gasteiger partial charge in [-0.1, -0.05) is 12.1 Å². The van der Waals surface area contributed by atoms with E-state index < -0.39 is 0 Å². The van der Waals surface area contributed by atoms with E-state index in [1.54, 1.807) is 6.20 Å². The summed E-state index contributed by atoms with van der Waals surface area (Å²) < 4.78 is 7.56. The van der Waals surface area contributed by atoms with Crippen molar-refractivity contribution >= 4 is 0 Å². The van der Waals surface area contributed by atoms with Gasteiger partial charge in [-0.15, -0.1) is 0 Å². The maximum atomic E-state index is 5.69. The van der Waals surface area contributed by atoms with Crippen LogP contribution in [0.2, 0.25) is 0 Å². The molecule has 0 unspecified atom stereocenters. The van der Waals surface area contributed by atoms with Gasteiger partial charge in [0, 0.05) is 24.4 Å². The van der Waals surface area contributed by atoms with E-state index in [-0.39, 0.29) is 0 Å². The van der Waals surface area contributed by atoms with Crippen molar-refractivity contribution in [1.29, 1.82) is 0 Å². The van der Waals surface area contributed by atoms with Crippen LogP contribution in [0.15, 0.2) is 30.5 Å². The van der Waals surface area contributed by atoms with Gasteiger partial charge in [-0.25, -0.2) is 0 Å². The number of rotatable bonds is 2. The Balaban J connectivity index is 2.03. The molecule has 0 saturated heterocycles. The van der Waals surface area contributed by atoms with Crippen molar-refractivity contribution in [2.24, 2.45) is 7.05 Å². The smallest absolute Gasteiger partial charge is 0.124 e. The van der Waals surface area contributed by atoms with Gasteiger partial charge in [0.2, 0.25) is 0 Å². The lowest BCUT2D eigenvalue weighted by atomic mass is 10.0. The van der Waals surface area contributed by atoms with E-state index in [0.717, 1.165) is 17.0 Å². The van der Waals surface area contributed by atoms with Crippen molar-refractivity contribution in [3.05, 3.63) is 36.0 Å². The Hall–Kier alpha value is -1.81.